The van der Waals surface area contributed by atoms with Crippen molar-refractivity contribution in [3.63, 3.8) is 0 Å². The Labute approximate surface area is 202 Å². The minimum atomic E-state index is 0. The number of hydrogen-bond donors (Lipinski definition) is 2. The molecule has 4 aromatic carbocycles. The Hall–Kier alpha value is -2.62. The summed E-state index contributed by atoms with van der Waals surface area (Å²) in [5, 5.41) is 7.55. The molecule has 0 saturated heterocycles. The fourth-order valence-electron chi connectivity index (χ4n) is 4.53. The van der Waals surface area contributed by atoms with Crippen LogP contribution in [0.1, 0.15) is 34.3 Å². The molecule has 32 heavy (non-hydrogen) atoms. The van der Waals surface area contributed by atoms with E-state index in [1.54, 1.807) is 0 Å². The molecule has 4 heteroatoms. The highest BCUT2D eigenvalue weighted by atomic mass is 35.5. The quantitative estimate of drug-likeness (QED) is 0.303. The maximum absolute atomic E-state index is 3.79. The summed E-state index contributed by atoms with van der Waals surface area (Å²) < 4.78 is 0. The number of rotatable bonds is 7. The smallest absolute Gasteiger partial charge is 0.0589 e. The third kappa shape index (κ3) is 4.90. The second-order valence-corrected chi connectivity index (χ2v) is 7.77. The molecule has 5 rings (SSSR count). The van der Waals surface area contributed by atoms with Gasteiger partial charge in [-0.05, 0) is 33.4 Å². The van der Waals surface area contributed by atoms with E-state index in [-0.39, 0.29) is 36.9 Å². The van der Waals surface area contributed by atoms with E-state index < -0.39 is 0 Å². The van der Waals surface area contributed by atoms with Gasteiger partial charge < -0.3 is 10.6 Å². The van der Waals surface area contributed by atoms with Gasteiger partial charge in [0.05, 0.1) is 12.1 Å². The SMILES string of the molecule is Cl.Cl.c1ccc(C(NCCNC2c3ccccc3-c3ccccc32)c2ccccc2)cc1. The van der Waals surface area contributed by atoms with Crippen LogP contribution in [0, 0.1) is 0 Å². The van der Waals surface area contributed by atoms with E-state index in [1.807, 2.05) is 0 Å². The van der Waals surface area contributed by atoms with Gasteiger partial charge in [-0.3, -0.25) is 0 Å². The molecule has 0 atom stereocenters. The number of fused-ring (bicyclic) bond motifs is 3. The Morgan fingerprint density at radius 1 is 0.531 bits per heavy atom. The van der Waals surface area contributed by atoms with Crippen LogP contribution < -0.4 is 10.6 Å². The summed E-state index contributed by atoms with van der Waals surface area (Å²) in [4.78, 5) is 0. The maximum atomic E-state index is 3.79. The van der Waals surface area contributed by atoms with Crippen LogP contribution in [0.3, 0.4) is 0 Å². The molecule has 4 aromatic rings. The van der Waals surface area contributed by atoms with Crippen molar-refractivity contribution in [2.45, 2.75) is 12.1 Å². The van der Waals surface area contributed by atoms with Gasteiger partial charge >= 0.3 is 0 Å². The van der Waals surface area contributed by atoms with Gasteiger partial charge in [0.1, 0.15) is 0 Å². The normalized spacial score (nSPS) is 11.9. The molecule has 0 aromatic heterocycles. The van der Waals surface area contributed by atoms with Crippen molar-refractivity contribution in [2.24, 2.45) is 0 Å². The van der Waals surface area contributed by atoms with Crippen molar-refractivity contribution in [3.05, 3.63) is 131 Å². The number of benzene rings is 4. The van der Waals surface area contributed by atoms with Gasteiger partial charge in [0, 0.05) is 13.1 Å². The first-order valence-corrected chi connectivity index (χ1v) is 10.7. The van der Waals surface area contributed by atoms with Crippen LogP contribution in [0.25, 0.3) is 11.1 Å². The standard InChI is InChI=1S/C28H26N2.2ClH/c1-3-11-21(12-4-1)27(22-13-5-2-6-14-22)29-19-20-30-28-25-17-9-7-15-23(25)24-16-8-10-18-26(24)28;;/h1-18,27-30H,19-20H2;2*1H. The number of nitrogens with one attached hydrogen (secondary N) is 2. The molecule has 0 radical (unpaired) electrons. The van der Waals surface area contributed by atoms with Gasteiger partial charge in [0.2, 0.25) is 0 Å². The molecule has 0 spiro atoms. The van der Waals surface area contributed by atoms with E-state index in [2.05, 4.69) is 120 Å². The zero-order chi connectivity index (χ0) is 20.2. The molecular weight excluding hydrogens is 435 g/mol. The topological polar surface area (TPSA) is 24.1 Å². The summed E-state index contributed by atoms with van der Waals surface area (Å²) in [6.45, 7) is 1.78. The molecule has 0 amide bonds. The molecule has 0 fully saturated rings. The van der Waals surface area contributed by atoms with Crippen molar-refractivity contribution >= 4 is 24.8 Å². The zero-order valence-corrected chi connectivity index (χ0v) is 19.4. The van der Waals surface area contributed by atoms with Crippen molar-refractivity contribution in [1.82, 2.24) is 10.6 Å². The highest BCUT2D eigenvalue weighted by Crippen LogP contribution is 2.42. The fraction of sp³-hybridized carbons (Fsp3) is 0.143. The summed E-state index contributed by atoms with van der Waals surface area (Å²) in [6, 6.07) is 39.3. The lowest BCUT2D eigenvalue weighted by atomic mass is 9.99. The minimum Gasteiger partial charge on any atom is -0.305 e. The molecule has 0 unspecified atom stereocenters. The van der Waals surface area contributed by atoms with E-state index >= 15 is 0 Å². The first-order chi connectivity index (χ1) is 14.9. The molecule has 2 N–H and O–H groups in total. The van der Waals surface area contributed by atoms with E-state index in [0.29, 0.717) is 0 Å². The molecule has 0 heterocycles. The van der Waals surface area contributed by atoms with E-state index in [1.165, 1.54) is 33.4 Å². The van der Waals surface area contributed by atoms with E-state index in [0.717, 1.165) is 13.1 Å². The third-order valence-electron chi connectivity index (χ3n) is 5.92. The first kappa shape index (κ1) is 24.0. The lowest BCUT2D eigenvalue weighted by Crippen LogP contribution is -2.32. The van der Waals surface area contributed by atoms with Gasteiger partial charge in [0.15, 0.2) is 0 Å². The predicted octanol–water partition coefficient (Wildman–Crippen LogP) is 6.57. The van der Waals surface area contributed by atoms with Gasteiger partial charge in [0.25, 0.3) is 0 Å². The molecule has 0 bridgehead atoms. The Kier molecular flexibility index (Phi) is 8.49. The molecule has 0 saturated carbocycles. The van der Waals surface area contributed by atoms with Gasteiger partial charge in [-0.15, -0.1) is 24.8 Å². The summed E-state index contributed by atoms with van der Waals surface area (Å²) in [6.07, 6.45) is 0. The number of hydrogen-bond acceptors (Lipinski definition) is 2. The molecule has 2 nitrogen and oxygen atoms in total. The van der Waals surface area contributed by atoms with Crippen LogP contribution in [-0.2, 0) is 0 Å². The molecule has 0 aliphatic heterocycles. The highest BCUT2D eigenvalue weighted by Gasteiger charge is 2.27. The largest absolute Gasteiger partial charge is 0.305 e. The minimum absolute atomic E-state index is 0. The fourth-order valence-corrected chi connectivity index (χ4v) is 4.53. The molecule has 164 valence electrons. The summed E-state index contributed by atoms with van der Waals surface area (Å²) >= 11 is 0. The lowest BCUT2D eigenvalue weighted by Gasteiger charge is -2.21. The van der Waals surface area contributed by atoms with Crippen LogP contribution in [0.2, 0.25) is 0 Å². The van der Waals surface area contributed by atoms with Crippen LogP contribution in [-0.4, -0.2) is 13.1 Å². The zero-order valence-electron chi connectivity index (χ0n) is 17.8. The van der Waals surface area contributed by atoms with Crippen molar-refractivity contribution in [2.75, 3.05) is 13.1 Å². The van der Waals surface area contributed by atoms with Crippen LogP contribution in [0.15, 0.2) is 109 Å². The Bertz CT molecular complexity index is 1030. The predicted molar refractivity (Wildman–Crippen MR) is 139 cm³/mol. The molecular formula is C28H28Cl2N2. The van der Waals surface area contributed by atoms with E-state index in [4.69, 9.17) is 0 Å². The first-order valence-electron chi connectivity index (χ1n) is 10.7. The monoisotopic (exact) mass is 462 g/mol. The van der Waals surface area contributed by atoms with Crippen molar-refractivity contribution in [1.29, 1.82) is 0 Å². The Balaban J connectivity index is 0.00000144. The molecule has 1 aliphatic carbocycles. The Morgan fingerprint density at radius 2 is 0.969 bits per heavy atom. The second-order valence-electron chi connectivity index (χ2n) is 7.77. The second kappa shape index (κ2) is 11.3. The van der Waals surface area contributed by atoms with Gasteiger partial charge in [-0.25, -0.2) is 0 Å². The van der Waals surface area contributed by atoms with Gasteiger partial charge in [-0.2, -0.15) is 0 Å². The van der Waals surface area contributed by atoms with Crippen molar-refractivity contribution < 1.29 is 0 Å². The number of halogens is 2. The van der Waals surface area contributed by atoms with Gasteiger partial charge in [-0.1, -0.05) is 109 Å². The van der Waals surface area contributed by atoms with Crippen LogP contribution in [0.4, 0.5) is 0 Å². The average molecular weight is 463 g/mol. The summed E-state index contributed by atoms with van der Waals surface area (Å²) in [5.41, 5.74) is 8.04. The lowest BCUT2D eigenvalue weighted by molar-refractivity contribution is 0.541. The third-order valence-corrected chi connectivity index (χ3v) is 5.92. The highest BCUT2D eigenvalue weighted by molar-refractivity contribution is 5.85. The van der Waals surface area contributed by atoms with E-state index in [9.17, 15) is 0 Å². The van der Waals surface area contributed by atoms with Crippen LogP contribution >= 0.6 is 24.8 Å². The van der Waals surface area contributed by atoms with Crippen LogP contribution in [0.5, 0.6) is 0 Å². The maximum Gasteiger partial charge on any atom is 0.0589 e. The Morgan fingerprint density at radius 3 is 1.47 bits per heavy atom. The van der Waals surface area contributed by atoms with Crippen molar-refractivity contribution in [3.8, 4) is 11.1 Å². The average Bonchev–Trinajstić information content (AvgIpc) is 3.14. The summed E-state index contributed by atoms with van der Waals surface area (Å²) in [7, 11) is 0. The summed E-state index contributed by atoms with van der Waals surface area (Å²) in [5.74, 6) is 0. The molecule has 1 aliphatic rings.